The Morgan fingerprint density at radius 2 is 2.12 bits per heavy atom. The Bertz CT molecular complexity index is 735. The van der Waals surface area contributed by atoms with E-state index < -0.39 is 0 Å². The van der Waals surface area contributed by atoms with Gasteiger partial charge in [0.1, 0.15) is 0 Å². The number of fused-ring (bicyclic) bond motifs is 1. The molecule has 1 aliphatic rings. The topological polar surface area (TPSA) is 63.7 Å². The van der Waals surface area contributed by atoms with Crippen molar-refractivity contribution in [1.29, 1.82) is 0 Å². The Labute approximate surface area is 151 Å². The van der Waals surface area contributed by atoms with Gasteiger partial charge in [0.25, 0.3) is 5.91 Å². The van der Waals surface area contributed by atoms with E-state index in [9.17, 15) is 4.79 Å². The van der Waals surface area contributed by atoms with Gasteiger partial charge in [-0.25, -0.2) is 4.98 Å². The molecule has 0 saturated heterocycles. The quantitative estimate of drug-likeness (QED) is 0.897. The summed E-state index contributed by atoms with van der Waals surface area (Å²) in [5.74, 6) is 0.703. The highest BCUT2D eigenvalue weighted by Gasteiger charge is 2.21. The number of halogens is 1. The third-order valence-corrected chi connectivity index (χ3v) is 4.79. The Kier molecular flexibility index (Phi) is 6.04. The molecule has 0 spiro atoms. The molecule has 130 valence electrons. The number of thiazole rings is 1. The highest BCUT2D eigenvalue weighted by molar-refractivity contribution is 7.15. The van der Waals surface area contributed by atoms with Gasteiger partial charge in [-0.3, -0.25) is 10.1 Å². The van der Waals surface area contributed by atoms with Gasteiger partial charge in [-0.1, -0.05) is 6.07 Å². The largest absolute Gasteiger partial charge is 0.493 e. The maximum Gasteiger partial charge on any atom is 0.261 e. The molecule has 0 atom stereocenters. The molecule has 6 nitrogen and oxygen atoms in total. The number of methoxy groups -OCH3 is 2. The Morgan fingerprint density at radius 3 is 2.83 bits per heavy atom. The van der Waals surface area contributed by atoms with E-state index in [1.807, 2.05) is 0 Å². The number of anilines is 1. The molecule has 1 amide bonds. The molecule has 0 radical (unpaired) electrons. The van der Waals surface area contributed by atoms with Crippen LogP contribution in [0.3, 0.4) is 0 Å². The van der Waals surface area contributed by atoms with Crippen LogP contribution in [-0.4, -0.2) is 43.6 Å². The molecule has 0 bridgehead atoms. The first-order valence-corrected chi connectivity index (χ1v) is 8.13. The van der Waals surface area contributed by atoms with Gasteiger partial charge in [0.05, 0.1) is 25.5 Å². The average Bonchev–Trinajstić information content (AvgIpc) is 2.95. The van der Waals surface area contributed by atoms with Crippen molar-refractivity contribution in [3.63, 3.8) is 0 Å². The van der Waals surface area contributed by atoms with Crippen LogP contribution in [0.4, 0.5) is 5.13 Å². The number of hydrogen-bond acceptors (Lipinski definition) is 6. The lowest BCUT2D eigenvalue weighted by atomic mass is 10.1. The zero-order valence-electron chi connectivity index (χ0n) is 13.8. The van der Waals surface area contributed by atoms with Crippen LogP contribution in [0, 0.1) is 0 Å². The van der Waals surface area contributed by atoms with E-state index in [0.29, 0.717) is 22.2 Å². The fraction of sp³-hybridized carbons (Fsp3) is 0.375. The lowest BCUT2D eigenvalue weighted by Crippen LogP contribution is -2.25. The van der Waals surface area contributed by atoms with Crippen LogP contribution in [0.1, 0.15) is 20.9 Å². The first-order valence-electron chi connectivity index (χ1n) is 7.32. The minimum absolute atomic E-state index is 0. The Balaban J connectivity index is 0.00000208. The molecular weight excluding hydrogens is 350 g/mol. The van der Waals surface area contributed by atoms with Crippen molar-refractivity contribution in [2.75, 3.05) is 33.1 Å². The number of carbonyl (C=O) groups is 1. The van der Waals surface area contributed by atoms with Gasteiger partial charge >= 0.3 is 0 Å². The van der Waals surface area contributed by atoms with Gasteiger partial charge in [-0.2, -0.15) is 0 Å². The minimum Gasteiger partial charge on any atom is -0.493 e. The second-order valence-corrected chi connectivity index (χ2v) is 6.46. The van der Waals surface area contributed by atoms with E-state index in [1.54, 1.807) is 25.3 Å². The van der Waals surface area contributed by atoms with Gasteiger partial charge in [0, 0.05) is 24.4 Å². The molecule has 3 rings (SSSR count). The van der Waals surface area contributed by atoms with Gasteiger partial charge in [0.15, 0.2) is 16.6 Å². The van der Waals surface area contributed by atoms with E-state index in [1.165, 1.54) is 23.3 Å². The highest BCUT2D eigenvalue weighted by atomic mass is 35.5. The van der Waals surface area contributed by atoms with Crippen molar-refractivity contribution in [2.24, 2.45) is 0 Å². The summed E-state index contributed by atoms with van der Waals surface area (Å²) in [6, 6.07) is 5.23. The third kappa shape index (κ3) is 3.63. The highest BCUT2D eigenvalue weighted by Crippen LogP contribution is 2.32. The predicted molar refractivity (Wildman–Crippen MR) is 96.9 cm³/mol. The number of likely N-dealkylation sites (N-methyl/N-ethyl adjacent to an activating group) is 1. The van der Waals surface area contributed by atoms with E-state index in [4.69, 9.17) is 9.47 Å². The van der Waals surface area contributed by atoms with Crippen LogP contribution in [0.5, 0.6) is 11.5 Å². The summed E-state index contributed by atoms with van der Waals surface area (Å²) in [6.45, 7) is 1.87. The summed E-state index contributed by atoms with van der Waals surface area (Å²) in [5.41, 5.74) is 1.51. The number of amides is 1. The van der Waals surface area contributed by atoms with Crippen molar-refractivity contribution in [3.8, 4) is 11.5 Å². The monoisotopic (exact) mass is 369 g/mol. The van der Waals surface area contributed by atoms with Crippen molar-refractivity contribution in [2.45, 2.75) is 13.0 Å². The number of nitrogens with zero attached hydrogens (tertiary/aromatic N) is 2. The molecule has 1 N–H and O–H groups in total. The second kappa shape index (κ2) is 7.83. The van der Waals surface area contributed by atoms with Crippen molar-refractivity contribution in [3.05, 3.63) is 34.3 Å². The maximum absolute atomic E-state index is 12.5. The standard InChI is InChI=1S/C16H19N3O3S.ClH/c1-19-8-7-11-13(9-19)23-16(17-11)18-15(20)10-5-4-6-12(21-2)14(10)22-3;/h4-6H,7-9H2,1-3H3,(H,17,18,20);1H. The molecule has 24 heavy (non-hydrogen) atoms. The number of ether oxygens (including phenoxy) is 2. The van der Waals surface area contributed by atoms with Crippen LogP contribution < -0.4 is 14.8 Å². The third-order valence-electron chi connectivity index (χ3n) is 3.79. The summed E-state index contributed by atoms with van der Waals surface area (Å²) in [5, 5.41) is 3.50. The van der Waals surface area contributed by atoms with E-state index in [2.05, 4.69) is 22.2 Å². The second-order valence-electron chi connectivity index (χ2n) is 5.37. The average molecular weight is 370 g/mol. The molecule has 2 aromatic rings. The molecule has 1 aromatic carbocycles. The van der Waals surface area contributed by atoms with Crippen LogP contribution in [0.15, 0.2) is 18.2 Å². The number of rotatable bonds is 4. The zero-order valence-corrected chi connectivity index (χ0v) is 15.4. The van der Waals surface area contributed by atoms with Crippen LogP contribution in [0.25, 0.3) is 0 Å². The zero-order chi connectivity index (χ0) is 16.4. The van der Waals surface area contributed by atoms with Crippen LogP contribution >= 0.6 is 23.7 Å². The van der Waals surface area contributed by atoms with E-state index >= 15 is 0 Å². The minimum atomic E-state index is -0.250. The molecule has 8 heteroatoms. The van der Waals surface area contributed by atoms with Gasteiger partial charge in [-0.15, -0.1) is 23.7 Å². The maximum atomic E-state index is 12.5. The van der Waals surface area contributed by atoms with Crippen LogP contribution in [-0.2, 0) is 13.0 Å². The fourth-order valence-electron chi connectivity index (χ4n) is 2.61. The number of aromatic nitrogens is 1. The van der Waals surface area contributed by atoms with Gasteiger partial charge in [0.2, 0.25) is 0 Å². The molecular formula is C16H20ClN3O3S. The first kappa shape index (κ1) is 18.5. The first-order chi connectivity index (χ1) is 11.1. The fourth-order valence-corrected chi connectivity index (χ4v) is 3.69. The SMILES string of the molecule is COc1cccc(C(=O)Nc2nc3c(s2)CN(C)CC3)c1OC.Cl. The van der Waals surface area contributed by atoms with Crippen molar-refractivity contribution in [1.82, 2.24) is 9.88 Å². The Hall–Kier alpha value is -1.83. The van der Waals surface area contributed by atoms with Crippen molar-refractivity contribution < 1.29 is 14.3 Å². The predicted octanol–water partition coefficient (Wildman–Crippen LogP) is 2.82. The summed E-state index contributed by atoms with van der Waals surface area (Å²) in [4.78, 5) is 20.5. The molecule has 0 fully saturated rings. The van der Waals surface area contributed by atoms with E-state index in [-0.39, 0.29) is 18.3 Å². The molecule has 0 unspecified atom stereocenters. The van der Waals surface area contributed by atoms with Gasteiger partial charge in [-0.05, 0) is 19.2 Å². The smallest absolute Gasteiger partial charge is 0.261 e. The summed E-state index contributed by atoms with van der Waals surface area (Å²) < 4.78 is 10.5. The molecule has 0 saturated carbocycles. The molecule has 1 aromatic heterocycles. The lowest BCUT2D eigenvalue weighted by Gasteiger charge is -2.20. The Morgan fingerprint density at radius 1 is 1.33 bits per heavy atom. The number of hydrogen-bond donors (Lipinski definition) is 1. The normalized spacial score (nSPS) is 13.6. The summed E-state index contributed by atoms with van der Waals surface area (Å²) in [6.07, 6.45) is 0.917. The summed E-state index contributed by atoms with van der Waals surface area (Å²) in [7, 11) is 5.15. The molecule has 1 aliphatic heterocycles. The number of carbonyl (C=O) groups excluding carboxylic acids is 1. The van der Waals surface area contributed by atoms with Crippen LogP contribution in [0.2, 0.25) is 0 Å². The number of para-hydroxylation sites is 1. The van der Waals surface area contributed by atoms with Crippen molar-refractivity contribution >= 4 is 34.8 Å². The molecule has 2 heterocycles. The number of benzene rings is 1. The molecule has 0 aliphatic carbocycles. The van der Waals surface area contributed by atoms with Gasteiger partial charge < -0.3 is 14.4 Å². The van der Waals surface area contributed by atoms with E-state index in [0.717, 1.165) is 25.2 Å². The lowest BCUT2D eigenvalue weighted by molar-refractivity contribution is 0.102. The summed E-state index contributed by atoms with van der Waals surface area (Å²) >= 11 is 1.53. The number of nitrogens with one attached hydrogen (secondary N) is 1.